The summed E-state index contributed by atoms with van der Waals surface area (Å²) in [5.74, 6) is 0.226. The highest BCUT2D eigenvalue weighted by molar-refractivity contribution is 5.77. The van der Waals surface area contributed by atoms with Crippen molar-refractivity contribution in [3.8, 4) is 0 Å². The number of rotatable bonds is 10. The van der Waals surface area contributed by atoms with Gasteiger partial charge in [-0.2, -0.15) is 0 Å². The quantitative estimate of drug-likeness (QED) is 0.564. The Morgan fingerprint density at radius 1 is 1.07 bits per heavy atom. The van der Waals surface area contributed by atoms with E-state index in [2.05, 4.69) is 0 Å². The summed E-state index contributed by atoms with van der Waals surface area (Å²) >= 11 is 0. The van der Waals surface area contributed by atoms with E-state index in [4.69, 9.17) is 4.74 Å². The van der Waals surface area contributed by atoms with E-state index in [0.29, 0.717) is 38.5 Å². The fraction of sp³-hybridized carbons (Fsp3) is 0.636. The van der Waals surface area contributed by atoms with Crippen LogP contribution in [0.5, 0.6) is 0 Å². The molecule has 0 N–H and O–H groups in total. The molecule has 0 heterocycles. The Kier molecular flexibility index (Phi) is 9.29. The van der Waals surface area contributed by atoms with Crippen molar-refractivity contribution >= 4 is 11.9 Å². The molecule has 1 amide bonds. The highest BCUT2D eigenvalue weighted by atomic mass is 19.1. The van der Waals surface area contributed by atoms with E-state index in [1.807, 2.05) is 0 Å². The minimum absolute atomic E-state index is 0.104. The third kappa shape index (κ3) is 8.10. The van der Waals surface area contributed by atoms with Gasteiger partial charge in [-0.15, -0.1) is 0 Å². The van der Waals surface area contributed by atoms with E-state index in [-0.39, 0.29) is 24.1 Å². The number of carbonyl (C=O) groups is 2. The second-order valence-electron chi connectivity index (χ2n) is 7.35. The van der Waals surface area contributed by atoms with Gasteiger partial charge in [0.15, 0.2) is 0 Å². The molecule has 1 fully saturated rings. The van der Waals surface area contributed by atoms with Gasteiger partial charge in [0.05, 0.1) is 13.0 Å². The summed E-state index contributed by atoms with van der Waals surface area (Å²) in [6, 6.07) is 6.35. The van der Waals surface area contributed by atoms with Gasteiger partial charge in [0.25, 0.3) is 0 Å². The molecular formula is C22H32FNO3. The van der Waals surface area contributed by atoms with Crippen molar-refractivity contribution in [3.05, 3.63) is 35.6 Å². The van der Waals surface area contributed by atoms with Gasteiger partial charge in [0.2, 0.25) is 5.91 Å². The van der Waals surface area contributed by atoms with Crippen molar-refractivity contribution in [2.24, 2.45) is 5.92 Å². The maximum Gasteiger partial charge on any atom is 0.307 e. The van der Waals surface area contributed by atoms with Gasteiger partial charge in [-0.1, -0.05) is 44.2 Å². The van der Waals surface area contributed by atoms with Crippen molar-refractivity contribution in [2.75, 3.05) is 19.7 Å². The summed E-state index contributed by atoms with van der Waals surface area (Å²) in [4.78, 5) is 26.2. The van der Waals surface area contributed by atoms with Crippen molar-refractivity contribution in [3.63, 3.8) is 0 Å². The zero-order valence-corrected chi connectivity index (χ0v) is 16.4. The van der Waals surface area contributed by atoms with Crippen LogP contribution in [0.1, 0.15) is 63.9 Å². The van der Waals surface area contributed by atoms with E-state index in [1.165, 1.54) is 44.2 Å². The minimum atomic E-state index is -0.274. The van der Waals surface area contributed by atoms with Crippen LogP contribution in [0.3, 0.4) is 0 Å². The molecule has 1 aliphatic carbocycles. The molecule has 1 saturated carbocycles. The second kappa shape index (κ2) is 11.7. The lowest BCUT2D eigenvalue weighted by atomic mass is 9.86. The third-order valence-corrected chi connectivity index (χ3v) is 5.32. The molecule has 1 aliphatic rings. The molecule has 1 aromatic rings. The zero-order chi connectivity index (χ0) is 19.5. The van der Waals surface area contributed by atoms with Crippen LogP contribution in [0, 0.1) is 11.7 Å². The van der Waals surface area contributed by atoms with Crippen molar-refractivity contribution in [2.45, 2.75) is 64.7 Å². The maximum atomic E-state index is 13.1. The summed E-state index contributed by atoms with van der Waals surface area (Å²) in [5.41, 5.74) is 0.984. The predicted molar refractivity (Wildman–Crippen MR) is 104 cm³/mol. The van der Waals surface area contributed by atoms with Crippen LogP contribution in [0.4, 0.5) is 4.39 Å². The standard InChI is InChI=1S/C22H32FNO3/c1-2-27-22(26)15-17-24(16-14-19-8-11-20(23)12-9-19)21(25)13-10-18-6-4-3-5-7-18/h8-9,11-12,18H,2-7,10,13-17H2,1H3. The Morgan fingerprint density at radius 3 is 2.44 bits per heavy atom. The van der Waals surface area contributed by atoms with E-state index in [0.717, 1.165) is 12.0 Å². The van der Waals surface area contributed by atoms with Crippen LogP contribution < -0.4 is 0 Å². The largest absolute Gasteiger partial charge is 0.466 e. The number of hydrogen-bond donors (Lipinski definition) is 0. The number of hydrogen-bond acceptors (Lipinski definition) is 3. The van der Waals surface area contributed by atoms with Crippen molar-refractivity contribution in [1.82, 2.24) is 4.90 Å². The fourth-order valence-corrected chi connectivity index (χ4v) is 3.70. The van der Waals surface area contributed by atoms with Gasteiger partial charge in [-0.3, -0.25) is 9.59 Å². The number of amides is 1. The maximum absolute atomic E-state index is 13.1. The van der Waals surface area contributed by atoms with Gasteiger partial charge in [-0.05, 0) is 43.4 Å². The number of esters is 1. The first-order chi connectivity index (χ1) is 13.1. The van der Waals surface area contributed by atoms with Gasteiger partial charge in [0.1, 0.15) is 5.82 Å². The van der Waals surface area contributed by atoms with Crippen LogP contribution in [-0.4, -0.2) is 36.5 Å². The Labute approximate surface area is 162 Å². The third-order valence-electron chi connectivity index (χ3n) is 5.32. The van der Waals surface area contributed by atoms with Crippen molar-refractivity contribution < 1.29 is 18.7 Å². The summed E-state index contributed by atoms with van der Waals surface area (Å²) in [7, 11) is 0. The lowest BCUT2D eigenvalue weighted by Gasteiger charge is -2.25. The molecule has 27 heavy (non-hydrogen) atoms. The highest BCUT2D eigenvalue weighted by Crippen LogP contribution is 2.27. The van der Waals surface area contributed by atoms with Crippen LogP contribution in [0.15, 0.2) is 24.3 Å². The molecule has 0 aliphatic heterocycles. The highest BCUT2D eigenvalue weighted by Gasteiger charge is 2.19. The van der Waals surface area contributed by atoms with Gasteiger partial charge >= 0.3 is 5.97 Å². The second-order valence-corrected chi connectivity index (χ2v) is 7.35. The first-order valence-corrected chi connectivity index (χ1v) is 10.3. The van der Waals surface area contributed by atoms with Crippen LogP contribution in [0.2, 0.25) is 0 Å². The molecule has 0 spiro atoms. The zero-order valence-electron chi connectivity index (χ0n) is 16.4. The Balaban J connectivity index is 1.87. The molecule has 0 aromatic heterocycles. The number of carbonyl (C=O) groups excluding carboxylic acids is 2. The first kappa shape index (κ1) is 21.4. The topological polar surface area (TPSA) is 46.6 Å². The van der Waals surface area contributed by atoms with Gasteiger partial charge in [-0.25, -0.2) is 4.39 Å². The van der Waals surface area contributed by atoms with E-state index >= 15 is 0 Å². The number of benzene rings is 1. The molecule has 0 unspecified atom stereocenters. The lowest BCUT2D eigenvalue weighted by Crippen LogP contribution is -2.35. The monoisotopic (exact) mass is 377 g/mol. The van der Waals surface area contributed by atoms with Crippen LogP contribution >= 0.6 is 0 Å². The average molecular weight is 378 g/mol. The summed E-state index contributed by atoms with van der Waals surface area (Å²) in [6.45, 7) is 3.04. The number of ether oxygens (including phenoxy) is 1. The van der Waals surface area contributed by atoms with Crippen LogP contribution in [-0.2, 0) is 20.7 Å². The molecule has 0 saturated heterocycles. The van der Waals surface area contributed by atoms with Crippen LogP contribution in [0.25, 0.3) is 0 Å². The van der Waals surface area contributed by atoms with Crippen molar-refractivity contribution in [1.29, 1.82) is 0 Å². The number of halogens is 1. The molecule has 5 heteroatoms. The van der Waals surface area contributed by atoms with E-state index in [1.54, 1.807) is 24.0 Å². The lowest BCUT2D eigenvalue weighted by molar-refractivity contribution is -0.144. The summed E-state index contributed by atoms with van der Waals surface area (Å²) in [6.07, 6.45) is 8.66. The van der Waals surface area contributed by atoms with Gasteiger partial charge < -0.3 is 9.64 Å². The Morgan fingerprint density at radius 2 is 1.78 bits per heavy atom. The minimum Gasteiger partial charge on any atom is -0.466 e. The van der Waals surface area contributed by atoms with E-state index < -0.39 is 0 Å². The molecule has 0 atom stereocenters. The molecule has 0 radical (unpaired) electrons. The molecule has 4 nitrogen and oxygen atoms in total. The summed E-state index contributed by atoms with van der Waals surface area (Å²) in [5, 5.41) is 0. The molecular weight excluding hydrogens is 345 g/mol. The molecule has 150 valence electrons. The molecule has 1 aromatic carbocycles. The molecule has 0 bridgehead atoms. The summed E-state index contributed by atoms with van der Waals surface area (Å²) < 4.78 is 18.0. The average Bonchev–Trinajstić information content (AvgIpc) is 2.68. The SMILES string of the molecule is CCOC(=O)CCN(CCc1ccc(F)cc1)C(=O)CCC1CCCCC1. The Hall–Kier alpha value is -1.91. The first-order valence-electron chi connectivity index (χ1n) is 10.3. The van der Waals surface area contributed by atoms with E-state index in [9.17, 15) is 14.0 Å². The Bertz CT molecular complexity index is 582. The normalized spacial score (nSPS) is 14.7. The fourth-order valence-electron chi connectivity index (χ4n) is 3.70. The van der Waals surface area contributed by atoms with Gasteiger partial charge in [0, 0.05) is 19.5 Å². The smallest absolute Gasteiger partial charge is 0.307 e. The number of nitrogens with zero attached hydrogens (tertiary/aromatic N) is 1. The predicted octanol–water partition coefficient (Wildman–Crippen LogP) is 4.51. The molecule has 2 rings (SSSR count).